The molecule has 0 atom stereocenters. The maximum Gasteiger partial charge on any atom is 0.289 e. The Balaban J connectivity index is 1.71. The number of aromatic nitrogens is 2. The molecule has 0 saturated carbocycles. The van der Waals surface area contributed by atoms with Crippen molar-refractivity contribution < 1.29 is 13.9 Å². The van der Waals surface area contributed by atoms with E-state index in [1.165, 1.54) is 0 Å². The van der Waals surface area contributed by atoms with Crippen molar-refractivity contribution in [1.82, 2.24) is 14.7 Å². The summed E-state index contributed by atoms with van der Waals surface area (Å²) in [5.41, 5.74) is 2.94. The van der Waals surface area contributed by atoms with Gasteiger partial charge in [-0.1, -0.05) is 58.0 Å². The van der Waals surface area contributed by atoms with E-state index in [1.54, 1.807) is 24.1 Å². The van der Waals surface area contributed by atoms with E-state index in [0.29, 0.717) is 12.3 Å². The van der Waals surface area contributed by atoms with Gasteiger partial charge in [-0.3, -0.25) is 9.48 Å². The molecule has 0 bridgehead atoms. The summed E-state index contributed by atoms with van der Waals surface area (Å²) in [4.78, 5) is 14.4. The van der Waals surface area contributed by atoms with Crippen LogP contribution in [0.1, 0.15) is 40.2 Å². The molecule has 6 nitrogen and oxygen atoms in total. The molecule has 0 unspecified atom stereocenters. The first-order valence-corrected chi connectivity index (χ1v) is 11.5. The first-order valence-electron chi connectivity index (χ1n) is 9.58. The van der Waals surface area contributed by atoms with Crippen molar-refractivity contribution in [3.05, 3.63) is 65.7 Å². The Morgan fingerprint density at radius 3 is 2.22 bits per heavy atom. The number of halogens is 5. The molecule has 0 N–H and O–H groups in total. The molecule has 0 radical (unpaired) electrons. The lowest BCUT2D eigenvalue weighted by molar-refractivity contribution is 0.0749. The zero-order valence-electron chi connectivity index (χ0n) is 17.7. The molecule has 11 heteroatoms. The third kappa shape index (κ3) is 4.85. The van der Waals surface area contributed by atoms with Crippen LogP contribution in [0.15, 0.2) is 16.5 Å². The SMILES string of the molecule is CCn1nc(C)c(CN(C)C(=O)c2ccc(COc3c(Cl)c(Cl)c(Cl)c(Cl)c3Cl)o2)c1C. The summed E-state index contributed by atoms with van der Waals surface area (Å²) in [6, 6.07) is 3.21. The number of hydrogen-bond acceptors (Lipinski definition) is 4. The van der Waals surface area contributed by atoms with Crippen molar-refractivity contribution in [2.24, 2.45) is 0 Å². The second-order valence-corrected chi connectivity index (χ2v) is 8.97. The van der Waals surface area contributed by atoms with Crippen LogP contribution in [0.2, 0.25) is 25.1 Å². The highest BCUT2D eigenvalue weighted by molar-refractivity contribution is 6.55. The van der Waals surface area contributed by atoms with Gasteiger partial charge < -0.3 is 14.1 Å². The Labute approximate surface area is 210 Å². The number of benzene rings is 1. The zero-order chi connectivity index (χ0) is 23.7. The Morgan fingerprint density at radius 1 is 1.06 bits per heavy atom. The molecular weight excluding hydrogens is 520 g/mol. The van der Waals surface area contributed by atoms with Crippen LogP contribution >= 0.6 is 58.0 Å². The minimum atomic E-state index is -0.270. The summed E-state index contributed by atoms with van der Waals surface area (Å²) in [6.07, 6.45) is 0. The second-order valence-electron chi connectivity index (χ2n) is 7.08. The lowest BCUT2D eigenvalue weighted by Gasteiger charge is -2.16. The lowest BCUT2D eigenvalue weighted by atomic mass is 10.2. The largest absolute Gasteiger partial charge is 0.482 e. The third-order valence-electron chi connectivity index (χ3n) is 4.97. The van der Waals surface area contributed by atoms with Crippen LogP contribution in [0.5, 0.6) is 5.75 Å². The van der Waals surface area contributed by atoms with Gasteiger partial charge in [0.05, 0.1) is 20.8 Å². The maximum atomic E-state index is 12.8. The number of carbonyl (C=O) groups excluding carboxylic acids is 1. The minimum Gasteiger partial charge on any atom is -0.482 e. The average Bonchev–Trinajstić information content (AvgIpc) is 3.35. The number of carbonyl (C=O) groups is 1. The van der Waals surface area contributed by atoms with Crippen molar-refractivity contribution in [3.8, 4) is 5.75 Å². The first kappa shape index (κ1) is 25.1. The fourth-order valence-corrected chi connectivity index (χ4v) is 4.42. The Hall–Kier alpha value is -1.57. The van der Waals surface area contributed by atoms with E-state index in [9.17, 15) is 4.79 Å². The average molecular weight is 540 g/mol. The number of nitrogens with zero attached hydrogens (tertiary/aromatic N) is 3. The summed E-state index contributed by atoms with van der Waals surface area (Å²) in [5.74, 6) is 0.372. The summed E-state index contributed by atoms with van der Waals surface area (Å²) in [5, 5.41) is 4.67. The predicted octanol–water partition coefficient (Wildman–Crippen LogP) is 7.23. The second kappa shape index (κ2) is 10.1. The number of hydrogen-bond donors (Lipinski definition) is 0. The quantitative estimate of drug-likeness (QED) is 0.235. The molecule has 172 valence electrons. The van der Waals surface area contributed by atoms with Gasteiger partial charge in [0.15, 0.2) is 11.5 Å². The predicted molar refractivity (Wildman–Crippen MR) is 128 cm³/mol. The molecular formula is C21H20Cl5N3O3. The van der Waals surface area contributed by atoms with E-state index in [2.05, 4.69) is 5.10 Å². The van der Waals surface area contributed by atoms with Gasteiger partial charge in [0.2, 0.25) is 0 Å². The summed E-state index contributed by atoms with van der Waals surface area (Å²) >= 11 is 30.4. The van der Waals surface area contributed by atoms with Crippen LogP contribution in [0, 0.1) is 13.8 Å². The van der Waals surface area contributed by atoms with Crippen LogP contribution in [-0.2, 0) is 19.7 Å². The highest BCUT2D eigenvalue weighted by atomic mass is 35.5. The van der Waals surface area contributed by atoms with Crippen LogP contribution < -0.4 is 4.74 Å². The number of rotatable bonds is 7. The number of aryl methyl sites for hydroxylation is 2. The van der Waals surface area contributed by atoms with E-state index in [1.807, 2.05) is 25.5 Å². The summed E-state index contributed by atoms with van der Waals surface area (Å²) in [6.45, 7) is 7.08. The summed E-state index contributed by atoms with van der Waals surface area (Å²) < 4.78 is 13.2. The molecule has 3 rings (SSSR count). The van der Waals surface area contributed by atoms with Crippen LogP contribution in [0.3, 0.4) is 0 Å². The highest BCUT2D eigenvalue weighted by Gasteiger charge is 2.22. The summed E-state index contributed by atoms with van der Waals surface area (Å²) in [7, 11) is 1.71. The fourth-order valence-electron chi connectivity index (χ4n) is 3.19. The molecule has 0 spiro atoms. The Kier molecular flexibility index (Phi) is 7.94. The molecule has 0 saturated heterocycles. The fraction of sp³-hybridized carbons (Fsp3) is 0.333. The highest BCUT2D eigenvalue weighted by Crippen LogP contribution is 2.48. The van der Waals surface area contributed by atoms with Gasteiger partial charge in [-0.2, -0.15) is 5.10 Å². The Bertz CT molecular complexity index is 1140. The van der Waals surface area contributed by atoms with Crippen LogP contribution in [0.4, 0.5) is 0 Å². The standard InChI is InChI=1S/C21H20Cl5N3O3/c1-5-29-11(3)13(10(2)27-29)8-28(4)21(30)14-7-6-12(32-14)9-31-20-18(25)16(23)15(22)17(24)19(20)26/h6-7H,5,8-9H2,1-4H3. The van der Waals surface area contributed by atoms with E-state index in [4.69, 9.17) is 67.2 Å². The smallest absolute Gasteiger partial charge is 0.289 e. The number of amides is 1. The molecule has 2 aromatic heterocycles. The molecule has 3 aromatic rings. The molecule has 32 heavy (non-hydrogen) atoms. The zero-order valence-corrected chi connectivity index (χ0v) is 21.5. The minimum absolute atomic E-state index is 0.0339. The third-order valence-corrected chi connectivity index (χ3v) is 7.22. The van der Waals surface area contributed by atoms with Crippen molar-refractivity contribution in [2.45, 2.75) is 40.5 Å². The molecule has 1 aromatic carbocycles. The van der Waals surface area contributed by atoms with E-state index in [-0.39, 0.29) is 49.1 Å². The van der Waals surface area contributed by atoms with Gasteiger partial charge in [-0.05, 0) is 32.9 Å². The van der Waals surface area contributed by atoms with Crippen LogP contribution in [-0.4, -0.2) is 27.6 Å². The molecule has 1 amide bonds. The van der Waals surface area contributed by atoms with Gasteiger partial charge in [-0.15, -0.1) is 0 Å². The van der Waals surface area contributed by atoms with Gasteiger partial charge in [0.1, 0.15) is 22.4 Å². The van der Waals surface area contributed by atoms with Gasteiger partial charge in [0, 0.05) is 31.4 Å². The lowest BCUT2D eigenvalue weighted by Crippen LogP contribution is -2.26. The first-order chi connectivity index (χ1) is 15.1. The van der Waals surface area contributed by atoms with E-state index in [0.717, 1.165) is 23.5 Å². The molecule has 2 heterocycles. The maximum absolute atomic E-state index is 12.8. The van der Waals surface area contributed by atoms with Crippen molar-refractivity contribution in [1.29, 1.82) is 0 Å². The normalized spacial score (nSPS) is 11.2. The molecule has 0 aliphatic carbocycles. The monoisotopic (exact) mass is 537 g/mol. The van der Waals surface area contributed by atoms with E-state index >= 15 is 0 Å². The van der Waals surface area contributed by atoms with Gasteiger partial charge in [0.25, 0.3) is 5.91 Å². The van der Waals surface area contributed by atoms with Crippen molar-refractivity contribution in [2.75, 3.05) is 7.05 Å². The van der Waals surface area contributed by atoms with Crippen molar-refractivity contribution >= 4 is 63.9 Å². The molecule has 0 aliphatic rings. The Morgan fingerprint density at radius 2 is 1.66 bits per heavy atom. The number of ether oxygens (including phenoxy) is 1. The number of furan rings is 1. The molecule has 0 fully saturated rings. The van der Waals surface area contributed by atoms with Gasteiger partial charge >= 0.3 is 0 Å². The van der Waals surface area contributed by atoms with Crippen molar-refractivity contribution in [3.63, 3.8) is 0 Å². The van der Waals surface area contributed by atoms with E-state index < -0.39 is 0 Å². The topological polar surface area (TPSA) is 60.5 Å². The van der Waals surface area contributed by atoms with Gasteiger partial charge in [-0.25, -0.2) is 0 Å². The van der Waals surface area contributed by atoms with Crippen LogP contribution in [0.25, 0.3) is 0 Å². The molecule has 0 aliphatic heterocycles.